The smallest absolute Gasteiger partial charge is 0.419 e. The van der Waals surface area contributed by atoms with Crippen LogP contribution in [-0.2, 0) is 6.18 Å². The van der Waals surface area contributed by atoms with Gasteiger partial charge in [0.25, 0.3) is 0 Å². The van der Waals surface area contributed by atoms with Crippen molar-refractivity contribution >= 4 is 0 Å². The zero-order valence-corrected chi connectivity index (χ0v) is 9.96. The molecule has 0 unspecified atom stereocenters. The van der Waals surface area contributed by atoms with Crippen LogP contribution in [0.4, 0.5) is 17.6 Å². The van der Waals surface area contributed by atoms with Crippen molar-refractivity contribution in [2.75, 3.05) is 7.11 Å². The van der Waals surface area contributed by atoms with Crippen molar-refractivity contribution in [3.63, 3.8) is 0 Å². The Labute approximate surface area is 107 Å². The van der Waals surface area contributed by atoms with Gasteiger partial charge in [-0.1, -0.05) is 24.3 Å². The van der Waals surface area contributed by atoms with Crippen molar-refractivity contribution in [2.45, 2.75) is 6.18 Å². The third kappa shape index (κ3) is 2.70. The Balaban J connectivity index is 2.55. The summed E-state index contributed by atoms with van der Waals surface area (Å²) in [7, 11) is 1.15. The second-order valence-corrected chi connectivity index (χ2v) is 3.89. The topological polar surface area (TPSA) is 9.23 Å². The molecule has 0 atom stereocenters. The molecule has 0 radical (unpaired) electrons. The molecule has 0 amide bonds. The van der Waals surface area contributed by atoms with E-state index in [0.717, 1.165) is 13.2 Å². The van der Waals surface area contributed by atoms with E-state index >= 15 is 0 Å². The van der Waals surface area contributed by atoms with Crippen LogP contribution < -0.4 is 4.74 Å². The second-order valence-electron chi connectivity index (χ2n) is 3.89. The van der Waals surface area contributed by atoms with Gasteiger partial charge in [0, 0.05) is 5.56 Å². The molecule has 2 aromatic carbocycles. The molecule has 0 saturated carbocycles. The summed E-state index contributed by atoms with van der Waals surface area (Å²) in [5, 5.41) is 0. The molecule has 0 heterocycles. The lowest BCUT2D eigenvalue weighted by Gasteiger charge is -2.13. The van der Waals surface area contributed by atoms with Gasteiger partial charge in [0.15, 0.2) is 0 Å². The number of hydrogen-bond donors (Lipinski definition) is 0. The molecule has 0 aromatic heterocycles. The SMILES string of the molecule is COc1cc(-c2ccccc2F)ccc1C(F)(F)F. The molecule has 0 N–H and O–H groups in total. The average molecular weight is 270 g/mol. The van der Waals surface area contributed by atoms with Gasteiger partial charge in [0.1, 0.15) is 11.6 Å². The summed E-state index contributed by atoms with van der Waals surface area (Å²) in [6.07, 6.45) is -4.50. The van der Waals surface area contributed by atoms with E-state index in [1.165, 1.54) is 30.3 Å². The van der Waals surface area contributed by atoms with Gasteiger partial charge in [0.05, 0.1) is 12.7 Å². The fourth-order valence-electron chi connectivity index (χ4n) is 1.79. The minimum absolute atomic E-state index is 0.231. The molecule has 0 aliphatic heterocycles. The van der Waals surface area contributed by atoms with Crippen molar-refractivity contribution < 1.29 is 22.3 Å². The van der Waals surface area contributed by atoms with Crippen LogP contribution >= 0.6 is 0 Å². The highest BCUT2D eigenvalue weighted by Gasteiger charge is 2.34. The van der Waals surface area contributed by atoms with Gasteiger partial charge in [0.2, 0.25) is 0 Å². The Hall–Kier alpha value is -2.04. The lowest BCUT2D eigenvalue weighted by molar-refractivity contribution is -0.138. The maximum absolute atomic E-state index is 13.6. The fraction of sp³-hybridized carbons (Fsp3) is 0.143. The third-order valence-electron chi connectivity index (χ3n) is 2.69. The van der Waals surface area contributed by atoms with Gasteiger partial charge < -0.3 is 4.74 Å². The highest BCUT2D eigenvalue weighted by Crippen LogP contribution is 2.38. The predicted octanol–water partition coefficient (Wildman–Crippen LogP) is 4.52. The lowest BCUT2D eigenvalue weighted by atomic mass is 10.0. The van der Waals surface area contributed by atoms with Crippen LogP contribution in [0.2, 0.25) is 0 Å². The Bertz CT molecular complexity index is 590. The summed E-state index contributed by atoms with van der Waals surface area (Å²) in [5.74, 6) is -0.822. The minimum Gasteiger partial charge on any atom is -0.496 e. The molecule has 2 rings (SSSR count). The van der Waals surface area contributed by atoms with Gasteiger partial charge >= 0.3 is 6.18 Å². The molecule has 0 spiro atoms. The largest absolute Gasteiger partial charge is 0.496 e. The van der Waals surface area contributed by atoms with Crippen LogP contribution in [0.15, 0.2) is 42.5 Å². The maximum Gasteiger partial charge on any atom is 0.419 e. The third-order valence-corrected chi connectivity index (χ3v) is 2.69. The maximum atomic E-state index is 13.6. The van der Waals surface area contributed by atoms with Crippen molar-refractivity contribution in [1.82, 2.24) is 0 Å². The number of alkyl halides is 3. The standard InChI is InChI=1S/C14H10F4O/c1-19-13-8-9(6-7-11(13)14(16,17)18)10-4-2-3-5-12(10)15/h2-8H,1H3. The predicted molar refractivity (Wildman–Crippen MR) is 63.4 cm³/mol. The number of rotatable bonds is 2. The van der Waals surface area contributed by atoms with Crippen LogP contribution in [0.25, 0.3) is 11.1 Å². The van der Waals surface area contributed by atoms with Gasteiger partial charge in [-0.15, -0.1) is 0 Å². The first kappa shape index (κ1) is 13.4. The van der Waals surface area contributed by atoms with E-state index in [1.54, 1.807) is 6.07 Å². The van der Waals surface area contributed by atoms with Crippen LogP contribution in [0.1, 0.15) is 5.56 Å². The highest BCUT2D eigenvalue weighted by atomic mass is 19.4. The van der Waals surface area contributed by atoms with Crippen LogP contribution in [-0.4, -0.2) is 7.11 Å². The molecule has 0 fully saturated rings. The summed E-state index contributed by atoms with van der Waals surface area (Å²) in [6.45, 7) is 0. The number of hydrogen-bond acceptors (Lipinski definition) is 1. The molecule has 1 nitrogen and oxygen atoms in total. The van der Waals surface area contributed by atoms with Crippen molar-refractivity contribution in [3.8, 4) is 16.9 Å². The Morgan fingerprint density at radius 3 is 2.26 bits per heavy atom. The number of halogens is 4. The summed E-state index contributed by atoms with van der Waals surface area (Å²) in [6, 6.07) is 9.17. The van der Waals surface area contributed by atoms with Crippen molar-refractivity contribution in [1.29, 1.82) is 0 Å². The van der Waals surface area contributed by atoms with Gasteiger partial charge in [-0.2, -0.15) is 13.2 Å². The fourth-order valence-corrected chi connectivity index (χ4v) is 1.79. The first-order valence-electron chi connectivity index (χ1n) is 5.43. The summed E-state index contributed by atoms with van der Waals surface area (Å²) >= 11 is 0. The Morgan fingerprint density at radius 1 is 1.00 bits per heavy atom. The molecule has 0 saturated heterocycles. The van der Waals surface area contributed by atoms with E-state index in [9.17, 15) is 17.6 Å². The van der Waals surface area contributed by atoms with Crippen LogP contribution in [0.3, 0.4) is 0 Å². The molecule has 100 valence electrons. The number of benzene rings is 2. The quantitative estimate of drug-likeness (QED) is 0.729. The molecule has 2 aromatic rings. The molecular weight excluding hydrogens is 260 g/mol. The van der Waals surface area contributed by atoms with Crippen molar-refractivity contribution in [2.24, 2.45) is 0 Å². The monoisotopic (exact) mass is 270 g/mol. The first-order valence-corrected chi connectivity index (χ1v) is 5.43. The Morgan fingerprint density at radius 2 is 1.68 bits per heavy atom. The molecule has 0 aliphatic rings. The van der Waals surface area contributed by atoms with Crippen LogP contribution in [0, 0.1) is 5.82 Å². The number of methoxy groups -OCH3 is 1. The average Bonchev–Trinajstić information content (AvgIpc) is 2.37. The first-order chi connectivity index (χ1) is 8.93. The molecule has 0 aliphatic carbocycles. The van der Waals surface area contributed by atoms with Crippen molar-refractivity contribution in [3.05, 3.63) is 53.8 Å². The Kier molecular flexibility index (Phi) is 3.46. The van der Waals surface area contributed by atoms with E-state index in [-0.39, 0.29) is 11.3 Å². The van der Waals surface area contributed by atoms with Gasteiger partial charge in [-0.3, -0.25) is 0 Å². The zero-order valence-electron chi connectivity index (χ0n) is 9.96. The molecule has 5 heteroatoms. The summed E-state index contributed by atoms with van der Waals surface area (Å²) in [4.78, 5) is 0. The summed E-state index contributed by atoms with van der Waals surface area (Å²) in [5.41, 5.74) is -0.312. The zero-order chi connectivity index (χ0) is 14.0. The van der Waals surface area contributed by atoms with E-state index in [0.29, 0.717) is 5.56 Å². The van der Waals surface area contributed by atoms with Gasteiger partial charge in [-0.25, -0.2) is 4.39 Å². The van der Waals surface area contributed by atoms with E-state index in [1.807, 2.05) is 0 Å². The lowest BCUT2D eigenvalue weighted by Crippen LogP contribution is -2.07. The van der Waals surface area contributed by atoms with E-state index < -0.39 is 17.6 Å². The molecule has 0 bridgehead atoms. The van der Waals surface area contributed by atoms with E-state index in [4.69, 9.17) is 4.74 Å². The minimum atomic E-state index is -4.50. The molecule has 19 heavy (non-hydrogen) atoms. The molecular formula is C14H10F4O. The normalized spacial score (nSPS) is 11.4. The highest BCUT2D eigenvalue weighted by molar-refractivity contribution is 5.66. The van der Waals surface area contributed by atoms with E-state index in [2.05, 4.69) is 0 Å². The second kappa shape index (κ2) is 4.91. The summed E-state index contributed by atoms with van der Waals surface area (Å²) < 4.78 is 56.4. The van der Waals surface area contributed by atoms with Gasteiger partial charge in [-0.05, 0) is 23.8 Å². The van der Waals surface area contributed by atoms with Crippen LogP contribution in [0.5, 0.6) is 5.75 Å². The number of ether oxygens (including phenoxy) is 1.